The normalized spacial score (nSPS) is 16.1. The molecule has 0 saturated carbocycles. The van der Waals surface area contributed by atoms with Crippen molar-refractivity contribution in [2.24, 2.45) is 0 Å². The van der Waals surface area contributed by atoms with Crippen molar-refractivity contribution in [3.8, 4) is 0 Å². The van der Waals surface area contributed by atoms with E-state index < -0.39 is 16.2 Å². The summed E-state index contributed by atoms with van der Waals surface area (Å²) in [5, 5.41) is 0. The van der Waals surface area contributed by atoms with Crippen LogP contribution in [0.2, 0.25) is 12.6 Å². The first-order valence-electron chi connectivity index (χ1n) is 5.35. The highest BCUT2D eigenvalue weighted by Gasteiger charge is 2.30. The summed E-state index contributed by atoms with van der Waals surface area (Å²) in [6, 6.07) is 0.778. The van der Waals surface area contributed by atoms with Gasteiger partial charge in [-0.25, -0.2) is 0 Å². The Bertz CT molecular complexity index is 232. The first-order chi connectivity index (χ1) is 7.45. The number of rotatable bonds is 9. The molecule has 5 nitrogen and oxygen atoms in total. The lowest BCUT2D eigenvalue weighted by atomic mass is 10.6. The minimum Gasteiger partial charge on any atom is -0.398 e. The first kappa shape index (κ1) is 16.3. The van der Waals surface area contributed by atoms with Crippen LogP contribution in [0.15, 0.2) is 0 Å². The maximum absolute atomic E-state index is 11.9. The second kappa shape index (κ2) is 7.58. The molecule has 0 fully saturated rings. The molecule has 0 heterocycles. The van der Waals surface area contributed by atoms with Gasteiger partial charge >= 0.3 is 16.2 Å². The van der Waals surface area contributed by atoms with Crippen molar-refractivity contribution >= 4 is 16.2 Å². The second-order valence-electron chi connectivity index (χ2n) is 3.58. The molecule has 0 saturated heterocycles. The van der Waals surface area contributed by atoms with Gasteiger partial charge in [0.15, 0.2) is 0 Å². The molecule has 0 spiro atoms. The van der Waals surface area contributed by atoms with Gasteiger partial charge in [0, 0.05) is 21.3 Å². The molecule has 0 aromatic heterocycles. The van der Waals surface area contributed by atoms with Gasteiger partial charge in [-0.3, -0.25) is 4.57 Å². The Hall–Kier alpha value is 0.287. The summed E-state index contributed by atoms with van der Waals surface area (Å²) in [5.41, 5.74) is 0. The molecule has 0 N–H and O–H groups in total. The molecule has 0 aromatic carbocycles. The van der Waals surface area contributed by atoms with Crippen molar-refractivity contribution in [3.63, 3.8) is 0 Å². The summed E-state index contributed by atoms with van der Waals surface area (Å²) in [7, 11) is -0.251. The zero-order valence-corrected chi connectivity index (χ0v) is 12.7. The Balaban J connectivity index is 4.09. The monoisotopic (exact) mass is 270 g/mol. The van der Waals surface area contributed by atoms with Gasteiger partial charge in [0.2, 0.25) is 0 Å². The molecule has 0 aromatic rings. The van der Waals surface area contributed by atoms with Crippen molar-refractivity contribution in [3.05, 3.63) is 0 Å². The molecule has 98 valence electrons. The van der Waals surface area contributed by atoms with Crippen LogP contribution in [0.1, 0.15) is 13.3 Å². The van der Waals surface area contributed by atoms with E-state index in [1.165, 1.54) is 7.11 Å². The van der Waals surface area contributed by atoms with Crippen LogP contribution in [-0.4, -0.2) is 42.7 Å². The maximum atomic E-state index is 11.9. The van der Waals surface area contributed by atoms with E-state index in [-0.39, 0.29) is 0 Å². The van der Waals surface area contributed by atoms with Crippen molar-refractivity contribution in [2.45, 2.75) is 25.9 Å². The van der Waals surface area contributed by atoms with Crippen LogP contribution in [0.4, 0.5) is 0 Å². The number of hydrogen-bond acceptors (Lipinski definition) is 5. The van der Waals surface area contributed by atoms with Gasteiger partial charge in [0.1, 0.15) is 0 Å². The molecular formula is C9H23O5PSi. The third-order valence-electron chi connectivity index (χ3n) is 2.53. The van der Waals surface area contributed by atoms with E-state index >= 15 is 0 Å². The maximum Gasteiger partial charge on any atom is 0.334 e. The Morgan fingerprint density at radius 1 is 1.19 bits per heavy atom. The summed E-state index contributed by atoms with van der Waals surface area (Å²) in [6.45, 7) is 4.18. The van der Waals surface area contributed by atoms with E-state index in [0.717, 1.165) is 12.5 Å². The Morgan fingerprint density at radius 2 is 1.75 bits per heavy atom. The smallest absolute Gasteiger partial charge is 0.334 e. The Labute approximate surface area is 99.2 Å². The second-order valence-corrected chi connectivity index (χ2v) is 9.46. The van der Waals surface area contributed by atoms with Crippen molar-refractivity contribution in [1.82, 2.24) is 0 Å². The Morgan fingerprint density at radius 3 is 2.12 bits per heavy atom. The summed E-state index contributed by atoms with van der Waals surface area (Å²) >= 11 is 0. The van der Waals surface area contributed by atoms with Crippen molar-refractivity contribution in [2.75, 3.05) is 34.1 Å². The van der Waals surface area contributed by atoms with Gasteiger partial charge in [-0.15, -0.1) is 0 Å². The van der Waals surface area contributed by atoms with Gasteiger partial charge in [0.05, 0.1) is 12.8 Å². The molecule has 0 amide bonds. The third-order valence-corrected chi connectivity index (χ3v) is 7.59. The predicted octanol–water partition coefficient (Wildman–Crippen LogP) is 2.62. The summed E-state index contributed by atoms with van der Waals surface area (Å²) in [5.74, 6) is 0. The molecule has 16 heavy (non-hydrogen) atoms. The molecular weight excluding hydrogens is 247 g/mol. The third kappa shape index (κ3) is 5.57. The SMILES string of the molecule is CCOP(=O)(CCC[Si](C)(OC)OC)OC. The zero-order valence-electron chi connectivity index (χ0n) is 10.8. The van der Waals surface area contributed by atoms with E-state index in [1.807, 2.05) is 6.55 Å². The summed E-state index contributed by atoms with van der Waals surface area (Å²) < 4.78 is 32.7. The molecule has 0 aliphatic heterocycles. The van der Waals surface area contributed by atoms with Gasteiger partial charge in [-0.1, -0.05) is 0 Å². The highest BCUT2D eigenvalue weighted by atomic mass is 31.2. The topological polar surface area (TPSA) is 54.0 Å². The van der Waals surface area contributed by atoms with E-state index in [1.54, 1.807) is 21.1 Å². The van der Waals surface area contributed by atoms with Crippen LogP contribution >= 0.6 is 7.60 Å². The average molecular weight is 270 g/mol. The van der Waals surface area contributed by atoms with Crippen LogP contribution < -0.4 is 0 Å². The Kier molecular flexibility index (Phi) is 7.72. The van der Waals surface area contributed by atoms with Gasteiger partial charge in [-0.2, -0.15) is 0 Å². The fraction of sp³-hybridized carbons (Fsp3) is 1.00. The fourth-order valence-corrected chi connectivity index (χ4v) is 4.33. The van der Waals surface area contributed by atoms with Crippen LogP contribution in [-0.2, 0) is 22.5 Å². The average Bonchev–Trinajstić information content (AvgIpc) is 2.29. The largest absolute Gasteiger partial charge is 0.398 e. The van der Waals surface area contributed by atoms with Crippen LogP contribution in [0.3, 0.4) is 0 Å². The van der Waals surface area contributed by atoms with E-state index in [0.29, 0.717) is 12.8 Å². The van der Waals surface area contributed by atoms with Crippen LogP contribution in [0.25, 0.3) is 0 Å². The molecule has 0 bridgehead atoms. The molecule has 7 heteroatoms. The molecule has 1 atom stereocenters. The fourth-order valence-electron chi connectivity index (χ4n) is 1.29. The standard InChI is InChI=1S/C9H23O5PSi/c1-6-14-15(10,11-2)8-7-9-16(5,12-3)13-4/h6-9H2,1-5H3. The summed E-state index contributed by atoms with van der Waals surface area (Å²) in [4.78, 5) is 0. The van der Waals surface area contributed by atoms with Crippen molar-refractivity contribution < 1.29 is 22.5 Å². The van der Waals surface area contributed by atoms with E-state index in [2.05, 4.69) is 0 Å². The van der Waals surface area contributed by atoms with Gasteiger partial charge in [-0.05, 0) is 25.9 Å². The minimum absolute atomic E-state index is 0.397. The minimum atomic E-state index is -2.90. The lowest BCUT2D eigenvalue weighted by Crippen LogP contribution is -2.36. The molecule has 0 radical (unpaired) electrons. The van der Waals surface area contributed by atoms with Gasteiger partial charge < -0.3 is 17.9 Å². The molecule has 0 aliphatic rings. The molecule has 0 aliphatic carbocycles. The quantitative estimate of drug-likeness (QED) is 0.476. The zero-order chi connectivity index (χ0) is 12.7. The van der Waals surface area contributed by atoms with E-state index in [4.69, 9.17) is 17.9 Å². The lowest BCUT2D eigenvalue weighted by Gasteiger charge is -2.23. The molecule has 1 unspecified atom stereocenters. The first-order valence-corrected chi connectivity index (χ1v) is 9.60. The number of hydrogen-bond donors (Lipinski definition) is 0. The lowest BCUT2D eigenvalue weighted by molar-refractivity contribution is 0.240. The van der Waals surface area contributed by atoms with Crippen LogP contribution in [0.5, 0.6) is 0 Å². The van der Waals surface area contributed by atoms with Gasteiger partial charge in [0.25, 0.3) is 0 Å². The highest BCUT2D eigenvalue weighted by molar-refractivity contribution is 7.53. The highest BCUT2D eigenvalue weighted by Crippen LogP contribution is 2.48. The van der Waals surface area contributed by atoms with E-state index in [9.17, 15) is 4.57 Å². The predicted molar refractivity (Wildman–Crippen MR) is 66.2 cm³/mol. The van der Waals surface area contributed by atoms with Crippen LogP contribution in [0, 0.1) is 0 Å². The van der Waals surface area contributed by atoms with Crippen molar-refractivity contribution in [1.29, 1.82) is 0 Å². The molecule has 0 rings (SSSR count). The summed E-state index contributed by atoms with van der Waals surface area (Å²) in [6.07, 6.45) is 1.13.